The van der Waals surface area contributed by atoms with Gasteiger partial charge >= 0.3 is 45.6 Å². The van der Waals surface area contributed by atoms with Gasteiger partial charge in [0.15, 0.2) is 0 Å². The number of ether oxygens (including phenoxy) is 4. The van der Waals surface area contributed by atoms with Crippen LogP contribution in [0.15, 0.2) is 97.1 Å². The van der Waals surface area contributed by atoms with Crippen LogP contribution in [0.4, 0.5) is 0 Å². The van der Waals surface area contributed by atoms with Crippen LogP contribution in [0.1, 0.15) is 162 Å². The number of carbonyl (C=O) groups is 8. The fourth-order valence-corrected chi connectivity index (χ4v) is 4.90. The van der Waals surface area contributed by atoms with Crippen molar-refractivity contribution in [2.45, 2.75) is 79.1 Å². The molecule has 344 valence electrons. The van der Waals surface area contributed by atoms with Crippen molar-refractivity contribution in [1.82, 2.24) is 0 Å². The molecule has 0 spiro atoms. The summed E-state index contributed by atoms with van der Waals surface area (Å²) in [6, 6.07) is 23.5. The van der Waals surface area contributed by atoms with Crippen molar-refractivity contribution in [3.05, 3.63) is 142 Å². The van der Waals surface area contributed by atoms with Gasteiger partial charge in [-0.05, 0) is 49.9 Å². The molecule has 0 aliphatic carbocycles. The van der Waals surface area contributed by atoms with E-state index < -0.39 is 47.8 Å². The Morgan fingerprint density at radius 2 is 0.477 bits per heavy atom. The Balaban J connectivity index is 0.000000836. The molecule has 17 heteroatoms. The summed E-state index contributed by atoms with van der Waals surface area (Å²) in [6.45, 7) is 9.11. The van der Waals surface area contributed by atoms with Crippen molar-refractivity contribution in [3.63, 3.8) is 0 Å². The minimum Gasteiger partial charge on any atom is -0.545 e. The van der Waals surface area contributed by atoms with Crippen molar-refractivity contribution < 1.29 is 99.4 Å². The molecule has 0 amide bonds. The van der Waals surface area contributed by atoms with Gasteiger partial charge in [-0.25, -0.2) is 19.2 Å². The van der Waals surface area contributed by atoms with Gasteiger partial charge in [-0.3, -0.25) is 0 Å². The molecule has 16 nitrogen and oxygen atoms in total. The molecule has 0 atom stereocenters. The monoisotopic (exact) mass is 932 g/mol. The first kappa shape index (κ1) is 58.4. The van der Waals surface area contributed by atoms with Gasteiger partial charge in [0.05, 0.1) is 72.6 Å². The third kappa shape index (κ3) is 22.0. The molecule has 0 saturated carbocycles. The molecule has 0 aliphatic heterocycles. The largest absolute Gasteiger partial charge is 4.00 e. The van der Waals surface area contributed by atoms with Crippen LogP contribution in [0.3, 0.4) is 0 Å². The number of unbranched alkanes of at least 4 members (excludes halogenated alkanes) is 4. The van der Waals surface area contributed by atoms with E-state index in [1.54, 1.807) is 24.3 Å². The van der Waals surface area contributed by atoms with Crippen LogP contribution in [0, 0.1) is 0 Å². The first-order chi connectivity index (χ1) is 30.7. The van der Waals surface area contributed by atoms with Crippen molar-refractivity contribution in [2.24, 2.45) is 0 Å². The molecular weight excluding hydrogens is 880 g/mol. The Bertz CT molecular complexity index is 1850. The number of hydrogen-bond donors (Lipinski definition) is 0. The third-order valence-electron chi connectivity index (χ3n) is 8.39. The summed E-state index contributed by atoms with van der Waals surface area (Å²) in [5.74, 6) is -7.96. The van der Waals surface area contributed by atoms with E-state index in [-0.39, 0.29) is 66.2 Å². The zero-order valence-corrected chi connectivity index (χ0v) is 38.3. The number of carboxylic acid groups (broad SMARTS) is 4. The topological polar surface area (TPSA) is 266 Å². The summed E-state index contributed by atoms with van der Waals surface area (Å²) in [6.07, 6.45) is 6.70. The van der Waals surface area contributed by atoms with Crippen molar-refractivity contribution >= 4 is 47.8 Å². The Labute approximate surface area is 392 Å². The summed E-state index contributed by atoms with van der Waals surface area (Å²) in [4.78, 5) is 89.1. The summed E-state index contributed by atoms with van der Waals surface area (Å²) in [5, 5.41) is 42.9. The number of aromatic carboxylic acids is 4. The van der Waals surface area contributed by atoms with Gasteiger partial charge < -0.3 is 58.6 Å². The van der Waals surface area contributed by atoms with Crippen molar-refractivity contribution in [1.29, 1.82) is 0 Å². The van der Waals surface area contributed by atoms with Gasteiger partial charge in [0.1, 0.15) is 0 Å². The zero-order chi connectivity index (χ0) is 47.9. The SMILES string of the molecule is CCCCOC(=O)c1ccccc1C(=O)[O-].CCCCOC(=O)c1ccccc1C(=O)[O-].CCCCOC(=O)c1ccccc1C(=O)[O-].CCCCOC(=O)c1ccccc1C(=O)[O-].[Ti+4]. The van der Waals surface area contributed by atoms with Crippen LogP contribution in [0.25, 0.3) is 0 Å². The van der Waals surface area contributed by atoms with E-state index in [1.165, 1.54) is 72.8 Å². The molecule has 4 aromatic rings. The van der Waals surface area contributed by atoms with Gasteiger partial charge in [-0.15, -0.1) is 0 Å². The second-order valence-corrected chi connectivity index (χ2v) is 13.3. The number of carboxylic acids is 4. The molecule has 0 heterocycles. The number of esters is 4. The standard InChI is InChI=1S/4C12H14O4.Ti/c4*1-2-3-8-16-12(15)10-7-5-4-6-9(10)11(13)14;/h4*4-7H,2-3,8H2,1H3,(H,13,14);/q;;;;+4/p-4. The maximum atomic E-state index is 11.5. The molecule has 0 bridgehead atoms. The number of rotatable bonds is 20. The van der Waals surface area contributed by atoms with E-state index in [0.717, 1.165) is 51.4 Å². The summed E-state index contributed by atoms with van der Waals surface area (Å²) >= 11 is 0. The minimum atomic E-state index is -1.37. The van der Waals surface area contributed by atoms with Crippen LogP contribution in [-0.4, -0.2) is 74.2 Å². The Morgan fingerprint density at radius 1 is 0.323 bits per heavy atom. The summed E-state index contributed by atoms with van der Waals surface area (Å²) in [7, 11) is 0. The van der Waals surface area contributed by atoms with Crippen LogP contribution in [-0.2, 0) is 40.7 Å². The van der Waals surface area contributed by atoms with Crippen LogP contribution in [0.2, 0.25) is 0 Å². The molecule has 0 fully saturated rings. The first-order valence-electron chi connectivity index (χ1n) is 20.6. The van der Waals surface area contributed by atoms with Crippen LogP contribution < -0.4 is 20.4 Å². The van der Waals surface area contributed by atoms with Gasteiger partial charge in [-0.1, -0.05) is 126 Å². The molecule has 0 radical (unpaired) electrons. The molecule has 0 saturated heterocycles. The molecule has 4 aromatic carbocycles. The molecule has 0 aromatic heterocycles. The quantitative estimate of drug-likeness (QED) is 0.0524. The van der Waals surface area contributed by atoms with E-state index in [2.05, 4.69) is 0 Å². The van der Waals surface area contributed by atoms with E-state index in [4.69, 9.17) is 18.9 Å². The molecule has 0 unspecified atom stereocenters. The number of carbonyl (C=O) groups excluding carboxylic acids is 8. The van der Waals surface area contributed by atoms with Gasteiger partial charge in [0, 0.05) is 22.3 Å². The molecule has 4 rings (SSSR count). The fourth-order valence-electron chi connectivity index (χ4n) is 4.90. The smallest absolute Gasteiger partial charge is 0.545 e. The maximum absolute atomic E-state index is 11.5. The Kier molecular flexibility index (Phi) is 30.4. The number of hydrogen-bond acceptors (Lipinski definition) is 16. The maximum Gasteiger partial charge on any atom is 4.00 e. The zero-order valence-electron chi connectivity index (χ0n) is 36.8. The Hall–Kier alpha value is -6.65. The van der Waals surface area contributed by atoms with Gasteiger partial charge in [0.25, 0.3) is 0 Å². The fraction of sp³-hybridized carbons (Fsp3) is 0.333. The van der Waals surface area contributed by atoms with Crippen LogP contribution >= 0.6 is 0 Å². The second-order valence-electron chi connectivity index (χ2n) is 13.3. The molecule has 0 aliphatic rings. The number of benzene rings is 4. The predicted octanol–water partition coefficient (Wildman–Crippen LogP) is 4.03. The molecule has 0 N–H and O–H groups in total. The van der Waals surface area contributed by atoms with Gasteiger partial charge in [0.2, 0.25) is 0 Å². The average Bonchev–Trinajstić information content (AvgIpc) is 3.29. The molecular formula is C48H52O16Ti. The van der Waals surface area contributed by atoms with Gasteiger partial charge in [-0.2, -0.15) is 0 Å². The van der Waals surface area contributed by atoms with E-state index in [0.29, 0.717) is 26.4 Å². The van der Waals surface area contributed by atoms with E-state index >= 15 is 0 Å². The summed E-state index contributed by atoms with van der Waals surface area (Å²) in [5.41, 5.74) is -0.379. The predicted molar refractivity (Wildman–Crippen MR) is 224 cm³/mol. The van der Waals surface area contributed by atoms with Crippen LogP contribution in [0.5, 0.6) is 0 Å². The van der Waals surface area contributed by atoms with Crippen molar-refractivity contribution in [3.8, 4) is 0 Å². The van der Waals surface area contributed by atoms with E-state index in [1.807, 2.05) is 27.7 Å². The summed E-state index contributed by atoms with van der Waals surface area (Å²) < 4.78 is 19.7. The average molecular weight is 933 g/mol. The van der Waals surface area contributed by atoms with E-state index in [9.17, 15) is 58.8 Å². The molecule has 65 heavy (non-hydrogen) atoms. The Morgan fingerprint density at radius 3 is 0.615 bits per heavy atom. The minimum absolute atomic E-state index is 0. The van der Waals surface area contributed by atoms with Crippen molar-refractivity contribution in [2.75, 3.05) is 26.4 Å². The normalized spacial score (nSPS) is 9.66. The second kappa shape index (κ2) is 33.9. The third-order valence-corrected chi connectivity index (χ3v) is 8.39. The first-order valence-corrected chi connectivity index (χ1v) is 20.6.